The molecule has 0 aliphatic carbocycles. The number of benzene rings is 1. The highest BCUT2D eigenvalue weighted by Crippen LogP contribution is 2.19. The lowest BCUT2D eigenvalue weighted by molar-refractivity contribution is -0.160. The van der Waals surface area contributed by atoms with Crippen LogP contribution in [0.2, 0.25) is 0 Å². The van der Waals surface area contributed by atoms with Crippen LogP contribution in [0, 0.1) is 5.41 Å². The smallest absolute Gasteiger partial charge is 0.343 e. The summed E-state index contributed by atoms with van der Waals surface area (Å²) >= 11 is 0. The zero-order chi connectivity index (χ0) is 16.3. The van der Waals surface area contributed by atoms with E-state index in [1.807, 2.05) is 20.8 Å². The monoisotopic (exact) mass is 302 g/mol. The molecule has 0 saturated heterocycles. The molecule has 0 amide bonds. The Morgan fingerprint density at radius 3 is 2.50 bits per heavy atom. The van der Waals surface area contributed by atoms with Crippen molar-refractivity contribution in [3.63, 3.8) is 0 Å². The van der Waals surface area contributed by atoms with Crippen LogP contribution in [0.4, 0.5) is 0 Å². The Labute approximate surface area is 127 Å². The number of esters is 2. The van der Waals surface area contributed by atoms with Crippen molar-refractivity contribution in [3.8, 4) is 0 Å². The van der Waals surface area contributed by atoms with E-state index < -0.39 is 17.6 Å². The van der Waals surface area contributed by atoms with Crippen molar-refractivity contribution in [1.29, 1.82) is 0 Å². The summed E-state index contributed by atoms with van der Waals surface area (Å²) in [6.45, 7) is 5.63. The molecule has 0 saturated carbocycles. The summed E-state index contributed by atoms with van der Waals surface area (Å²) in [4.78, 5) is 35.2. The number of rotatable bonds is 3. The fourth-order valence-electron chi connectivity index (χ4n) is 2.05. The molecule has 1 heterocycles. The standard InChI is InChI=1S/C17H18O5/c1-17(2,3)10-15(19)22-14(18)9-12-8-11-6-4-5-7-13(11)16(20)21-12/h4-8H,9-10H2,1-3H3. The van der Waals surface area contributed by atoms with Crippen molar-refractivity contribution in [2.45, 2.75) is 33.6 Å². The number of hydrogen-bond donors (Lipinski definition) is 0. The van der Waals surface area contributed by atoms with Gasteiger partial charge in [0, 0.05) is 0 Å². The second-order valence-electron chi connectivity index (χ2n) is 6.35. The SMILES string of the molecule is CC(C)(C)CC(=O)OC(=O)Cc1cc2ccccc2c(=O)o1. The van der Waals surface area contributed by atoms with Gasteiger partial charge in [0.25, 0.3) is 0 Å². The van der Waals surface area contributed by atoms with E-state index >= 15 is 0 Å². The zero-order valence-corrected chi connectivity index (χ0v) is 12.8. The summed E-state index contributed by atoms with van der Waals surface area (Å²) < 4.78 is 9.82. The summed E-state index contributed by atoms with van der Waals surface area (Å²) in [5.41, 5.74) is -0.769. The van der Waals surface area contributed by atoms with Gasteiger partial charge in [-0.05, 0) is 22.9 Å². The van der Waals surface area contributed by atoms with Gasteiger partial charge < -0.3 is 9.15 Å². The van der Waals surface area contributed by atoms with Crippen molar-refractivity contribution < 1.29 is 18.7 Å². The molecular formula is C17H18O5. The van der Waals surface area contributed by atoms with Crippen molar-refractivity contribution >= 4 is 22.7 Å². The van der Waals surface area contributed by atoms with E-state index in [4.69, 9.17) is 9.15 Å². The predicted octanol–water partition coefficient (Wildman–Crippen LogP) is 2.84. The molecule has 22 heavy (non-hydrogen) atoms. The first-order chi connectivity index (χ1) is 10.2. The van der Waals surface area contributed by atoms with Crippen LogP contribution in [-0.4, -0.2) is 11.9 Å². The number of ether oxygens (including phenoxy) is 1. The fraction of sp³-hybridized carbons (Fsp3) is 0.353. The van der Waals surface area contributed by atoms with Gasteiger partial charge >= 0.3 is 17.6 Å². The van der Waals surface area contributed by atoms with Gasteiger partial charge in [-0.3, -0.25) is 9.59 Å². The summed E-state index contributed by atoms with van der Waals surface area (Å²) in [6.07, 6.45) is -0.115. The minimum absolute atomic E-state index is 0.139. The van der Waals surface area contributed by atoms with Crippen LogP contribution >= 0.6 is 0 Å². The molecule has 2 rings (SSSR count). The molecule has 5 nitrogen and oxygen atoms in total. The molecule has 0 N–H and O–H groups in total. The van der Waals surface area contributed by atoms with E-state index in [0.717, 1.165) is 0 Å². The van der Waals surface area contributed by atoms with Crippen LogP contribution in [0.5, 0.6) is 0 Å². The number of carbonyl (C=O) groups is 2. The van der Waals surface area contributed by atoms with Crippen molar-refractivity contribution in [1.82, 2.24) is 0 Å². The average molecular weight is 302 g/mol. The molecule has 0 fully saturated rings. The van der Waals surface area contributed by atoms with Gasteiger partial charge in [-0.1, -0.05) is 39.0 Å². The van der Waals surface area contributed by atoms with Crippen LogP contribution < -0.4 is 5.63 Å². The van der Waals surface area contributed by atoms with Crippen molar-refractivity contribution in [2.24, 2.45) is 5.41 Å². The Kier molecular flexibility index (Phi) is 4.45. The average Bonchev–Trinajstić information content (AvgIpc) is 2.35. The summed E-state index contributed by atoms with van der Waals surface area (Å²) in [5.74, 6) is -1.13. The van der Waals surface area contributed by atoms with Crippen molar-refractivity contribution in [3.05, 3.63) is 46.5 Å². The topological polar surface area (TPSA) is 73.6 Å². The second-order valence-corrected chi connectivity index (χ2v) is 6.35. The van der Waals surface area contributed by atoms with Gasteiger partial charge in [-0.25, -0.2) is 4.79 Å². The normalized spacial score (nSPS) is 11.4. The van der Waals surface area contributed by atoms with E-state index in [9.17, 15) is 14.4 Å². The highest BCUT2D eigenvalue weighted by molar-refractivity contribution is 5.87. The van der Waals surface area contributed by atoms with Crippen LogP contribution in [-0.2, 0) is 20.7 Å². The molecule has 0 unspecified atom stereocenters. The summed E-state index contributed by atoms with van der Waals surface area (Å²) in [6, 6.07) is 8.53. The molecule has 0 atom stereocenters. The van der Waals surface area contributed by atoms with Crippen LogP contribution in [0.3, 0.4) is 0 Å². The van der Waals surface area contributed by atoms with Crippen LogP contribution in [0.15, 0.2) is 39.5 Å². The fourth-order valence-corrected chi connectivity index (χ4v) is 2.05. The quantitative estimate of drug-likeness (QED) is 0.644. The third kappa shape index (κ3) is 4.28. The molecule has 2 aromatic rings. The first kappa shape index (κ1) is 15.9. The molecular weight excluding hydrogens is 284 g/mol. The lowest BCUT2D eigenvalue weighted by Crippen LogP contribution is -2.20. The van der Waals surface area contributed by atoms with Gasteiger partial charge in [0.2, 0.25) is 0 Å². The number of carbonyl (C=O) groups excluding carboxylic acids is 2. The molecule has 0 spiro atoms. The molecule has 0 radical (unpaired) electrons. The van der Waals surface area contributed by atoms with Gasteiger partial charge in [0.1, 0.15) is 12.2 Å². The minimum Gasteiger partial charge on any atom is -0.427 e. The lowest BCUT2D eigenvalue weighted by atomic mass is 9.92. The highest BCUT2D eigenvalue weighted by atomic mass is 16.6. The molecule has 5 heteroatoms. The highest BCUT2D eigenvalue weighted by Gasteiger charge is 2.20. The Balaban J connectivity index is 2.09. The molecule has 0 aliphatic heterocycles. The molecule has 0 aliphatic rings. The van der Waals surface area contributed by atoms with E-state index in [1.165, 1.54) is 0 Å². The zero-order valence-electron chi connectivity index (χ0n) is 12.8. The summed E-state index contributed by atoms with van der Waals surface area (Å²) in [5, 5.41) is 1.13. The van der Waals surface area contributed by atoms with Gasteiger partial charge in [0.15, 0.2) is 0 Å². The van der Waals surface area contributed by atoms with E-state index in [-0.39, 0.29) is 24.0 Å². The summed E-state index contributed by atoms with van der Waals surface area (Å²) in [7, 11) is 0. The maximum Gasteiger partial charge on any atom is 0.343 e. The lowest BCUT2D eigenvalue weighted by Gasteiger charge is -2.15. The van der Waals surface area contributed by atoms with Crippen molar-refractivity contribution in [2.75, 3.05) is 0 Å². The van der Waals surface area contributed by atoms with E-state index in [0.29, 0.717) is 10.8 Å². The third-order valence-corrected chi connectivity index (χ3v) is 2.94. The predicted molar refractivity (Wildman–Crippen MR) is 81.4 cm³/mol. The van der Waals surface area contributed by atoms with Gasteiger partial charge in [-0.15, -0.1) is 0 Å². The maximum absolute atomic E-state index is 11.8. The molecule has 0 bridgehead atoms. The number of hydrogen-bond acceptors (Lipinski definition) is 5. The van der Waals surface area contributed by atoms with Crippen LogP contribution in [0.1, 0.15) is 33.0 Å². The van der Waals surface area contributed by atoms with E-state index in [1.54, 1.807) is 30.3 Å². The van der Waals surface area contributed by atoms with Crippen LogP contribution in [0.25, 0.3) is 10.8 Å². The Morgan fingerprint density at radius 1 is 1.14 bits per heavy atom. The van der Waals surface area contributed by atoms with Gasteiger partial charge in [0.05, 0.1) is 11.8 Å². The largest absolute Gasteiger partial charge is 0.427 e. The second kappa shape index (κ2) is 6.13. The first-order valence-electron chi connectivity index (χ1n) is 7.00. The molecule has 1 aromatic heterocycles. The number of fused-ring (bicyclic) bond motifs is 1. The molecule has 1 aromatic carbocycles. The Morgan fingerprint density at radius 2 is 1.82 bits per heavy atom. The maximum atomic E-state index is 11.8. The third-order valence-electron chi connectivity index (χ3n) is 2.94. The molecule has 116 valence electrons. The first-order valence-corrected chi connectivity index (χ1v) is 7.00. The minimum atomic E-state index is -0.729. The Hall–Kier alpha value is -2.43. The van der Waals surface area contributed by atoms with E-state index in [2.05, 4.69) is 0 Å². The van der Waals surface area contributed by atoms with Gasteiger partial charge in [-0.2, -0.15) is 0 Å². The Bertz CT molecular complexity index is 764.